The minimum Gasteiger partial charge on any atom is -0.378 e. The number of carbonyl (C=O) groups excluding carboxylic acids is 1. The number of nitrogens with two attached hydrogens (primary N) is 1. The smallest absolute Gasteiger partial charge is 0.248 e. The highest BCUT2D eigenvalue weighted by Crippen LogP contribution is 1.97. The van der Waals surface area contributed by atoms with Crippen LogP contribution in [-0.2, 0) is 14.3 Å². The quantitative estimate of drug-likeness (QED) is 0.593. The molecule has 0 aromatic heterocycles. The normalized spacial score (nSPS) is 17.1. The summed E-state index contributed by atoms with van der Waals surface area (Å²) in [5, 5.41) is 0. The molecule has 0 saturated carbocycles. The largest absolute Gasteiger partial charge is 0.378 e. The van der Waals surface area contributed by atoms with Crippen LogP contribution in [-0.4, -0.2) is 56.9 Å². The van der Waals surface area contributed by atoms with Crippen molar-refractivity contribution in [1.82, 2.24) is 4.90 Å². The van der Waals surface area contributed by atoms with Crippen LogP contribution in [0, 0.1) is 0 Å². The van der Waals surface area contributed by atoms with E-state index in [4.69, 9.17) is 15.2 Å². The summed E-state index contributed by atoms with van der Waals surface area (Å²) < 4.78 is 10.3. The van der Waals surface area contributed by atoms with Crippen LogP contribution in [0.5, 0.6) is 0 Å². The summed E-state index contributed by atoms with van der Waals surface area (Å²) in [6.45, 7) is 3.96. The maximum atomic E-state index is 11.5. The number of hydrogen-bond donors (Lipinski definition) is 1. The topological polar surface area (TPSA) is 64.8 Å². The van der Waals surface area contributed by atoms with Gasteiger partial charge in [-0.3, -0.25) is 4.79 Å². The van der Waals surface area contributed by atoms with Crippen molar-refractivity contribution in [3.63, 3.8) is 0 Å². The third kappa shape index (κ3) is 4.04. The molecule has 0 radical (unpaired) electrons. The van der Waals surface area contributed by atoms with E-state index >= 15 is 0 Å². The SMILES string of the molecule is NCCCOCC(=O)N1CCOCC1. The molecule has 1 heterocycles. The summed E-state index contributed by atoms with van der Waals surface area (Å²) >= 11 is 0. The lowest BCUT2D eigenvalue weighted by atomic mass is 10.4. The van der Waals surface area contributed by atoms with E-state index in [0.717, 1.165) is 6.42 Å². The van der Waals surface area contributed by atoms with Crippen LogP contribution in [0.2, 0.25) is 0 Å². The van der Waals surface area contributed by atoms with E-state index in [2.05, 4.69) is 0 Å². The van der Waals surface area contributed by atoms with Gasteiger partial charge in [-0.05, 0) is 13.0 Å². The molecule has 82 valence electrons. The Labute approximate surface area is 84.1 Å². The zero-order valence-corrected chi connectivity index (χ0v) is 8.41. The first kappa shape index (κ1) is 11.4. The lowest BCUT2D eigenvalue weighted by Gasteiger charge is -2.26. The Balaban J connectivity index is 2.07. The van der Waals surface area contributed by atoms with Gasteiger partial charge in [-0.2, -0.15) is 0 Å². The third-order valence-electron chi connectivity index (χ3n) is 2.08. The third-order valence-corrected chi connectivity index (χ3v) is 2.08. The van der Waals surface area contributed by atoms with Gasteiger partial charge in [-0.1, -0.05) is 0 Å². The van der Waals surface area contributed by atoms with Crippen molar-refractivity contribution in [2.75, 3.05) is 46.1 Å². The summed E-state index contributed by atoms with van der Waals surface area (Å²) in [7, 11) is 0. The highest BCUT2D eigenvalue weighted by molar-refractivity contribution is 5.77. The maximum Gasteiger partial charge on any atom is 0.248 e. The molecule has 14 heavy (non-hydrogen) atoms. The number of hydrogen-bond acceptors (Lipinski definition) is 4. The van der Waals surface area contributed by atoms with Gasteiger partial charge in [0.2, 0.25) is 5.91 Å². The first-order valence-electron chi connectivity index (χ1n) is 4.98. The molecule has 5 heteroatoms. The number of carbonyl (C=O) groups is 1. The second kappa shape index (κ2) is 6.75. The lowest BCUT2D eigenvalue weighted by Crippen LogP contribution is -2.42. The van der Waals surface area contributed by atoms with E-state index in [9.17, 15) is 4.79 Å². The molecular formula is C9H18N2O3. The van der Waals surface area contributed by atoms with Gasteiger partial charge in [0.15, 0.2) is 0 Å². The maximum absolute atomic E-state index is 11.5. The van der Waals surface area contributed by atoms with E-state index in [1.807, 2.05) is 0 Å². The first-order chi connectivity index (χ1) is 6.84. The van der Waals surface area contributed by atoms with Crippen molar-refractivity contribution < 1.29 is 14.3 Å². The molecule has 5 nitrogen and oxygen atoms in total. The zero-order valence-electron chi connectivity index (χ0n) is 8.41. The molecule has 0 bridgehead atoms. The van der Waals surface area contributed by atoms with Crippen LogP contribution >= 0.6 is 0 Å². The Bertz CT molecular complexity index is 169. The highest BCUT2D eigenvalue weighted by atomic mass is 16.5. The summed E-state index contributed by atoms with van der Waals surface area (Å²) in [4.78, 5) is 13.2. The fourth-order valence-electron chi connectivity index (χ4n) is 1.25. The van der Waals surface area contributed by atoms with Gasteiger partial charge in [-0.25, -0.2) is 0 Å². The molecule has 0 aliphatic carbocycles. The number of morpholine rings is 1. The van der Waals surface area contributed by atoms with Crippen LogP contribution in [0.15, 0.2) is 0 Å². The molecule has 2 N–H and O–H groups in total. The van der Waals surface area contributed by atoms with Gasteiger partial charge in [0.05, 0.1) is 13.2 Å². The van der Waals surface area contributed by atoms with Gasteiger partial charge in [0.1, 0.15) is 6.61 Å². The molecule has 1 aliphatic heterocycles. The number of nitrogens with zero attached hydrogens (tertiary/aromatic N) is 1. The van der Waals surface area contributed by atoms with Crippen LogP contribution in [0.25, 0.3) is 0 Å². The van der Waals surface area contributed by atoms with Crippen LogP contribution in [0.3, 0.4) is 0 Å². The van der Waals surface area contributed by atoms with Crippen molar-refractivity contribution in [1.29, 1.82) is 0 Å². The molecule has 0 atom stereocenters. The van der Waals surface area contributed by atoms with Gasteiger partial charge < -0.3 is 20.1 Å². The fraction of sp³-hybridized carbons (Fsp3) is 0.889. The standard InChI is InChI=1S/C9H18N2O3/c10-2-1-5-14-8-9(12)11-3-6-13-7-4-11/h1-8,10H2. The van der Waals surface area contributed by atoms with Crippen molar-refractivity contribution in [3.05, 3.63) is 0 Å². The molecular weight excluding hydrogens is 184 g/mol. The minimum absolute atomic E-state index is 0.0466. The van der Waals surface area contributed by atoms with Crippen LogP contribution in [0.4, 0.5) is 0 Å². The number of ether oxygens (including phenoxy) is 2. The van der Waals surface area contributed by atoms with Gasteiger partial charge in [0, 0.05) is 19.7 Å². The monoisotopic (exact) mass is 202 g/mol. The summed E-state index contributed by atoms with van der Waals surface area (Å²) in [6, 6.07) is 0. The average Bonchev–Trinajstić information content (AvgIpc) is 2.25. The van der Waals surface area contributed by atoms with E-state index in [1.165, 1.54) is 0 Å². The van der Waals surface area contributed by atoms with E-state index in [0.29, 0.717) is 39.5 Å². The molecule has 0 spiro atoms. The van der Waals surface area contributed by atoms with Gasteiger partial charge in [-0.15, -0.1) is 0 Å². The molecule has 0 aromatic carbocycles. The molecule has 1 rings (SSSR count). The van der Waals surface area contributed by atoms with E-state index in [-0.39, 0.29) is 12.5 Å². The molecule has 1 fully saturated rings. The Kier molecular flexibility index (Phi) is 5.51. The predicted molar refractivity (Wildman–Crippen MR) is 51.9 cm³/mol. The second-order valence-corrected chi connectivity index (χ2v) is 3.19. The fourth-order valence-corrected chi connectivity index (χ4v) is 1.25. The molecule has 1 aliphatic rings. The Morgan fingerprint density at radius 3 is 2.79 bits per heavy atom. The van der Waals surface area contributed by atoms with E-state index < -0.39 is 0 Å². The highest BCUT2D eigenvalue weighted by Gasteiger charge is 2.16. The lowest BCUT2D eigenvalue weighted by molar-refractivity contribution is -0.140. The van der Waals surface area contributed by atoms with Crippen molar-refractivity contribution in [2.24, 2.45) is 5.73 Å². The van der Waals surface area contributed by atoms with Crippen molar-refractivity contribution in [3.8, 4) is 0 Å². The molecule has 1 amide bonds. The Hall–Kier alpha value is -0.650. The molecule has 1 saturated heterocycles. The van der Waals surface area contributed by atoms with Crippen LogP contribution in [0.1, 0.15) is 6.42 Å². The van der Waals surface area contributed by atoms with Crippen molar-refractivity contribution >= 4 is 5.91 Å². The summed E-state index contributed by atoms with van der Waals surface area (Å²) in [5.74, 6) is 0.0466. The first-order valence-corrected chi connectivity index (χ1v) is 4.98. The molecule has 0 unspecified atom stereocenters. The summed E-state index contributed by atoms with van der Waals surface area (Å²) in [6.07, 6.45) is 0.802. The van der Waals surface area contributed by atoms with Gasteiger partial charge >= 0.3 is 0 Å². The predicted octanol–water partition coefficient (Wildman–Crippen LogP) is -0.789. The van der Waals surface area contributed by atoms with Crippen molar-refractivity contribution in [2.45, 2.75) is 6.42 Å². The Morgan fingerprint density at radius 1 is 1.43 bits per heavy atom. The van der Waals surface area contributed by atoms with E-state index in [1.54, 1.807) is 4.90 Å². The van der Waals surface area contributed by atoms with Crippen LogP contribution < -0.4 is 5.73 Å². The number of rotatable bonds is 5. The average molecular weight is 202 g/mol. The number of amides is 1. The minimum atomic E-state index is 0.0466. The second-order valence-electron chi connectivity index (χ2n) is 3.19. The summed E-state index contributed by atoms with van der Waals surface area (Å²) in [5.41, 5.74) is 5.30. The zero-order chi connectivity index (χ0) is 10.2. The molecule has 0 aromatic rings. The van der Waals surface area contributed by atoms with Gasteiger partial charge in [0.25, 0.3) is 0 Å². The Morgan fingerprint density at radius 2 is 2.14 bits per heavy atom.